The van der Waals surface area contributed by atoms with Crippen molar-refractivity contribution >= 4 is 29.1 Å². The fourth-order valence-electron chi connectivity index (χ4n) is 2.93. The number of hydrogen-bond donors (Lipinski definition) is 1. The van der Waals surface area contributed by atoms with Crippen molar-refractivity contribution in [1.82, 2.24) is 5.32 Å². The largest absolute Gasteiger partial charge is 0.352 e. The summed E-state index contributed by atoms with van der Waals surface area (Å²) in [6.45, 7) is 0.434. The van der Waals surface area contributed by atoms with Gasteiger partial charge in [0.15, 0.2) is 0 Å². The number of amides is 2. The summed E-state index contributed by atoms with van der Waals surface area (Å²) in [6.07, 6.45) is -2.56. The van der Waals surface area contributed by atoms with Gasteiger partial charge in [-0.05, 0) is 23.8 Å². The molecule has 0 radical (unpaired) electrons. The maximum absolute atomic E-state index is 12.9. The molecule has 4 nitrogen and oxygen atoms in total. The molecule has 1 saturated heterocycles. The third kappa shape index (κ3) is 4.02. The molecule has 1 N–H and O–H groups in total. The van der Waals surface area contributed by atoms with Crippen LogP contribution in [-0.4, -0.2) is 18.4 Å². The van der Waals surface area contributed by atoms with Crippen LogP contribution in [0.2, 0.25) is 5.02 Å². The SMILES string of the molecule is O=C(NCc1ccccc1Cl)C1CC(=O)N(c2cccc(C(F)F)c2)C1. The summed E-state index contributed by atoms with van der Waals surface area (Å²) in [6, 6.07) is 12.8. The molecule has 0 saturated carbocycles. The van der Waals surface area contributed by atoms with Crippen molar-refractivity contribution in [1.29, 1.82) is 0 Å². The molecule has 2 aromatic carbocycles. The minimum Gasteiger partial charge on any atom is -0.352 e. The average Bonchev–Trinajstić information content (AvgIpc) is 3.03. The monoisotopic (exact) mass is 378 g/mol. The quantitative estimate of drug-likeness (QED) is 0.856. The highest BCUT2D eigenvalue weighted by atomic mass is 35.5. The highest BCUT2D eigenvalue weighted by molar-refractivity contribution is 6.31. The Bertz CT molecular complexity index is 829. The van der Waals surface area contributed by atoms with E-state index in [4.69, 9.17) is 11.6 Å². The van der Waals surface area contributed by atoms with E-state index in [1.807, 2.05) is 12.1 Å². The molecule has 1 unspecified atom stereocenters. The van der Waals surface area contributed by atoms with Crippen LogP contribution in [0.5, 0.6) is 0 Å². The van der Waals surface area contributed by atoms with Crippen molar-refractivity contribution in [3.63, 3.8) is 0 Å². The maximum atomic E-state index is 12.9. The number of alkyl halides is 2. The Kier molecular flexibility index (Phi) is 5.52. The van der Waals surface area contributed by atoms with E-state index in [-0.39, 0.29) is 36.9 Å². The molecule has 0 spiro atoms. The fourth-order valence-corrected chi connectivity index (χ4v) is 3.13. The highest BCUT2D eigenvalue weighted by Gasteiger charge is 2.35. The number of carbonyl (C=O) groups is 2. The van der Waals surface area contributed by atoms with E-state index < -0.39 is 12.3 Å². The number of halogens is 3. The lowest BCUT2D eigenvalue weighted by atomic mass is 10.1. The molecule has 0 bridgehead atoms. The van der Waals surface area contributed by atoms with E-state index in [1.54, 1.807) is 18.2 Å². The van der Waals surface area contributed by atoms with Gasteiger partial charge in [-0.25, -0.2) is 8.78 Å². The fraction of sp³-hybridized carbons (Fsp3) is 0.263. The Morgan fingerprint density at radius 1 is 1.23 bits per heavy atom. The normalized spacial score (nSPS) is 17.0. The first kappa shape index (κ1) is 18.3. The van der Waals surface area contributed by atoms with Crippen LogP contribution in [0.4, 0.5) is 14.5 Å². The predicted octanol–water partition coefficient (Wildman–Crippen LogP) is 3.95. The van der Waals surface area contributed by atoms with Crippen molar-refractivity contribution in [3.8, 4) is 0 Å². The van der Waals surface area contributed by atoms with Crippen LogP contribution in [0.1, 0.15) is 24.0 Å². The Balaban J connectivity index is 1.65. The highest BCUT2D eigenvalue weighted by Crippen LogP contribution is 2.29. The second kappa shape index (κ2) is 7.83. The standard InChI is InChI=1S/C19H17ClF2N2O2/c20-16-7-2-1-4-13(16)10-23-19(26)14-9-17(25)24(11-14)15-6-3-5-12(8-15)18(21)22/h1-8,14,18H,9-11H2,(H,23,26). The van der Waals surface area contributed by atoms with Crippen molar-refractivity contribution in [2.75, 3.05) is 11.4 Å². The van der Waals surface area contributed by atoms with E-state index in [9.17, 15) is 18.4 Å². The summed E-state index contributed by atoms with van der Waals surface area (Å²) in [5, 5.41) is 3.34. The molecule has 2 amide bonds. The van der Waals surface area contributed by atoms with E-state index >= 15 is 0 Å². The Labute approximate surface area is 154 Å². The molecular weight excluding hydrogens is 362 g/mol. The Morgan fingerprint density at radius 3 is 2.73 bits per heavy atom. The topological polar surface area (TPSA) is 49.4 Å². The minimum atomic E-state index is -2.61. The van der Waals surface area contributed by atoms with E-state index in [0.717, 1.165) is 5.56 Å². The van der Waals surface area contributed by atoms with Crippen LogP contribution in [0.15, 0.2) is 48.5 Å². The first-order valence-electron chi connectivity index (χ1n) is 8.15. The molecule has 7 heteroatoms. The number of hydrogen-bond acceptors (Lipinski definition) is 2. The molecule has 1 aliphatic heterocycles. The maximum Gasteiger partial charge on any atom is 0.263 e. The van der Waals surface area contributed by atoms with E-state index in [1.165, 1.54) is 23.1 Å². The zero-order chi connectivity index (χ0) is 18.7. The van der Waals surface area contributed by atoms with Gasteiger partial charge in [0.05, 0.1) is 5.92 Å². The van der Waals surface area contributed by atoms with Gasteiger partial charge in [0.2, 0.25) is 11.8 Å². The summed E-state index contributed by atoms with van der Waals surface area (Å²) >= 11 is 6.06. The molecule has 1 fully saturated rings. The lowest BCUT2D eigenvalue weighted by Gasteiger charge is -2.17. The Hall–Kier alpha value is -2.47. The zero-order valence-electron chi connectivity index (χ0n) is 13.8. The van der Waals surface area contributed by atoms with Crippen LogP contribution in [-0.2, 0) is 16.1 Å². The first-order valence-corrected chi connectivity index (χ1v) is 8.53. The summed E-state index contributed by atoms with van der Waals surface area (Å²) < 4.78 is 25.7. The van der Waals surface area contributed by atoms with Gasteiger partial charge in [0.25, 0.3) is 6.43 Å². The van der Waals surface area contributed by atoms with Gasteiger partial charge in [-0.15, -0.1) is 0 Å². The third-order valence-corrected chi connectivity index (χ3v) is 4.71. The lowest BCUT2D eigenvalue weighted by Crippen LogP contribution is -2.32. The van der Waals surface area contributed by atoms with Crippen molar-refractivity contribution in [3.05, 3.63) is 64.7 Å². The molecule has 2 aromatic rings. The van der Waals surface area contributed by atoms with E-state index in [0.29, 0.717) is 10.7 Å². The zero-order valence-corrected chi connectivity index (χ0v) is 14.5. The number of benzene rings is 2. The lowest BCUT2D eigenvalue weighted by molar-refractivity contribution is -0.126. The van der Waals surface area contributed by atoms with Crippen molar-refractivity contribution in [2.45, 2.75) is 19.4 Å². The molecule has 0 aromatic heterocycles. The summed E-state index contributed by atoms with van der Waals surface area (Å²) in [5.74, 6) is -1.04. The summed E-state index contributed by atoms with van der Waals surface area (Å²) in [4.78, 5) is 26.0. The van der Waals surface area contributed by atoms with Gasteiger partial charge in [-0.2, -0.15) is 0 Å². The molecule has 26 heavy (non-hydrogen) atoms. The number of nitrogens with one attached hydrogen (secondary N) is 1. The van der Waals surface area contributed by atoms with Gasteiger partial charge >= 0.3 is 0 Å². The second-order valence-corrected chi connectivity index (χ2v) is 6.52. The first-order chi connectivity index (χ1) is 12.5. The molecule has 1 aliphatic rings. The number of anilines is 1. The number of rotatable bonds is 5. The Morgan fingerprint density at radius 2 is 2.00 bits per heavy atom. The van der Waals surface area contributed by atoms with Crippen LogP contribution < -0.4 is 10.2 Å². The van der Waals surface area contributed by atoms with Crippen LogP contribution in [0, 0.1) is 5.92 Å². The molecular formula is C19H17ClF2N2O2. The average molecular weight is 379 g/mol. The van der Waals surface area contributed by atoms with Crippen molar-refractivity contribution < 1.29 is 18.4 Å². The predicted molar refractivity (Wildman–Crippen MR) is 95.2 cm³/mol. The molecule has 0 aliphatic carbocycles. The number of nitrogens with zero attached hydrogens (tertiary/aromatic N) is 1. The van der Waals surface area contributed by atoms with Gasteiger partial charge in [-0.3, -0.25) is 9.59 Å². The summed E-state index contributed by atoms with van der Waals surface area (Å²) in [5.41, 5.74) is 1.02. The van der Waals surface area contributed by atoms with Crippen molar-refractivity contribution in [2.24, 2.45) is 5.92 Å². The van der Waals surface area contributed by atoms with Gasteiger partial charge < -0.3 is 10.2 Å². The van der Waals surface area contributed by atoms with Gasteiger partial charge in [0.1, 0.15) is 0 Å². The van der Waals surface area contributed by atoms with Crippen LogP contribution in [0.3, 0.4) is 0 Å². The molecule has 136 valence electrons. The van der Waals surface area contributed by atoms with E-state index in [2.05, 4.69) is 5.32 Å². The summed E-state index contributed by atoms with van der Waals surface area (Å²) in [7, 11) is 0. The van der Waals surface area contributed by atoms with Crippen LogP contribution >= 0.6 is 11.6 Å². The third-order valence-electron chi connectivity index (χ3n) is 4.34. The second-order valence-electron chi connectivity index (χ2n) is 6.11. The molecule has 1 heterocycles. The van der Waals surface area contributed by atoms with Gasteiger partial charge in [0, 0.05) is 35.8 Å². The minimum absolute atomic E-state index is 0.0489. The smallest absolute Gasteiger partial charge is 0.263 e. The molecule has 3 rings (SSSR count). The van der Waals surface area contributed by atoms with Crippen LogP contribution in [0.25, 0.3) is 0 Å². The van der Waals surface area contributed by atoms with Gasteiger partial charge in [-0.1, -0.05) is 41.9 Å². The molecule has 1 atom stereocenters. The number of carbonyl (C=O) groups excluding carboxylic acids is 2.